The fourth-order valence-electron chi connectivity index (χ4n) is 2.61. The van der Waals surface area contributed by atoms with Crippen LogP contribution in [0.4, 0.5) is 5.69 Å². The number of aryl methyl sites for hydroxylation is 2. The van der Waals surface area contributed by atoms with Crippen molar-refractivity contribution in [2.75, 3.05) is 5.32 Å². The lowest BCUT2D eigenvalue weighted by atomic mass is 10.1. The Kier molecular flexibility index (Phi) is 3.64. The first kappa shape index (κ1) is 13.7. The molecular formula is C16H19N3O2. The average molecular weight is 285 g/mol. The van der Waals surface area contributed by atoms with Crippen molar-refractivity contribution in [1.82, 2.24) is 9.78 Å². The minimum absolute atomic E-state index is 0.0168. The van der Waals surface area contributed by atoms with Gasteiger partial charge < -0.3 is 10.1 Å². The van der Waals surface area contributed by atoms with E-state index < -0.39 is 0 Å². The van der Waals surface area contributed by atoms with E-state index in [9.17, 15) is 4.79 Å². The van der Waals surface area contributed by atoms with Gasteiger partial charge in [-0.1, -0.05) is 0 Å². The van der Waals surface area contributed by atoms with Crippen LogP contribution in [0.3, 0.4) is 0 Å². The Bertz CT molecular complexity index is 663. The third-order valence-corrected chi connectivity index (χ3v) is 3.71. The molecule has 5 heteroatoms. The zero-order chi connectivity index (χ0) is 14.8. The zero-order valence-electron chi connectivity index (χ0n) is 12.3. The molecule has 1 N–H and O–H groups in total. The Morgan fingerprint density at radius 3 is 3.10 bits per heavy atom. The average Bonchev–Trinajstić information content (AvgIpc) is 3.00. The molecule has 3 rings (SSSR count). The van der Waals surface area contributed by atoms with Gasteiger partial charge in [-0.05, 0) is 43.2 Å². The van der Waals surface area contributed by atoms with E-state index in [0.29, 0.717) is 12.8 Å². The highest BCUT2D eigenvalue weighted by Gasteiger charge is 2.19. The van der Waals surface area contributed by atoms with Crippen molar-refractivity contribution in [2.45, 2.75) is 32.3 Å². The number of hydrogen-bond donors (Lipinski definition) is 1. The van der Waals surface area contributed by atoms with Crippen molar-refractivity contribution in [3.05, 3.63) is 41.7 Å². The van der Waals surface area contributed by atoms with Gasteiger partial charge in [-0.25, -0.2) is 0 Å². The van der Waals surface area contributed by atoms with E-state index in [2.05, 4.69) is 10.4 Å². The Balaban J connectivity index is 1.58. The zero-order valence-corrected chi connectivity index (χ0v) is 12.3. The number of amides is 1. The molecule has 1 amide bonds. The molecule has 0 aliphatic carbocycles. The standard InChI is InChI=1S/C16H19N3O2/c1-11-9-12-10-13(3-5-15(12)21-11)18-16(20)6-4-14-7-8-17-19(14)2/h3,5,7-8,10-11H,4,6,9H2,1-2H3,(H,18,20). The number of ether oxygens (including phenoxy) is 1. The van der Waals surface area contributed by atoms with Crippen LogP contribution in [0, 0.1) is 0 Å². The number of benzene rings is 1. The lowest BCUT2D eigenvalue weighted by Gasteiger charge is -2.07. The third kappa shape index (κ3) is 3.07. The topological polar surface area (TPSA) is 56.2 Å². The summed E-state index contributed by atoms with van der Waals surface area (Å²) < 4.78 is 7.45. The second-order valence-electron chi connectivity index (χ2n) is 5.45. The van der Waals surface area contributed by atoms with Gasteiger partial charge in [0.25, 0.3) is 0 Å². The van der Waals surface area contributed by atoms with Gasteiger partial charge in [-0.2, -0.15) is 5.10 Å². The van der Waals surface area contributed by atoms with Gasteiger partial charge in [-0.15, -0.1) is 0 Å². The van der Waals surface area contributed by atoms with Crippen LogP contribution in [0.15, 0.2) is 30.5 Å². The summed E-state index contributed by atoms with van der Waals surface area (Å²) in [6.07, 6.45) is 4.00. The molecular weight excluding hydrogens is 266 g/mol. The molecule has 5 nitrogen and oxygen atoms in total. The molecule has 0 saturated carbocycles. The van der Waals surface area contributed by atoms with Gasteiger partial charge in [-0.3, -0.25) is 9.48 Å². The summed E-state index contributed by atoms with van der Waals surface area (Å²) in [7, 11) is 1.88. The molecule has 2 heterocycles. The Morgan fingerprint density at radius 1 is 1.48 bits per heavy atom. The van der Waals surface area contributed by atoms with Gasteiger partial charge >= 0.3 is 0 Å². The third-order valence-electron chi connectivity index (χ3n) is 3.71. The van der Waals surface area contributed by atoms with Crippen molar-refractivity contribution < 1.29 is 9.53 Å². The molecule has 2 aromatic rings. The smallest absolute Gasteiger partial charge is 0.224 e. The number of nitrogens with zero attached hydrogens (tertiary/aromatic N) is 2. The van der Waals surface area contributed by atoms with Crippen LogP contribution in [-0.4, -0.2) is 21.8 Å². The lowest BCUT2D eigenvalue weighted by Crippen LogP contribution is -2.13. The normalized spacial score (nSPS) is 16.4. The van der Waals surface area contributed by atoms with Crippen LogP contribution in [0.25, 0.3) is 0 Å². The maximum Gasteiger partial charge on any atom is 0.224 e. The van der Waals surface area contributed by atoms with Crippen molar-refractivity contribution in [3.63, 3.8) is 0 Å². The minimum Gasteiger partial charge on any atom is -0.490 e. The van der Waals surface area contributed by atoms with E-state index >= 15 is 0 Å². The van der Waals surface area contributed by atoms with Crippen molar-refractivity contribution >= 4 is 11.6 Å². The van der Waals surface area contributed by atoms with Crippen LogP contribution < -0.4 is 10.1 Å². The second-order valence-corrected chi connectivity index (χ2v) is 5.45. The second kappa shape index (κ2) is 5.60. The molecule has 0 bridgehead atoms. The lowest BCUT2D eigenvalue weighted by molar-refractivity contribution is -0.116. The number of carbonyl (C=O) groups is 1. The van der Waals surface area contributed by atoms with Gasteiger partial charge in [0.05, 0.1) is 0 Å². The number of aromatic nitrogens is 2. The Hall–Kier alpha value is -2.30. The molecule has 1 aliphatic heterocycles. The predicted octanol–water partition coefficient (Wildman–Crippen LogP) is 2.31. The molecule has 0 radical (unpaired) electrons. The van der Waals surface area contributed by atoms with E-state index in [1.54, 1.807) is 10.9 Å². The molecule has 1 atom stereocenters. The van der Waals surface area contributed by atoms with Crippen LogP contribution in [0.2, 0.25) is 0 Å². The number of anilines is 1. The molecule has 21 heavy (non-hydrogen) atoms. The first-order valence-electron chi connectivity index (χ1n) is 7.18. The number of fused-ring (bicyclic) bond motifs is 1. The predicted molar refractivity (Wildman–Crippen MR) is 80.4 cm³/mol. The van der Waals surface area contributed by atoms with Crippen LogP contribution in [-0.2, 0) is 24.7 Å². The monoisotopic (exact) mass is 285 g/mol. The largest absolute Gasteiger partial charge is 0.490 e. The van der Waals surface area contributed by atoms with Gasteiger partial charge in [0, 0.05) is 37.5 Å². The first-order chi connectivity index (χ1) is 10.1. The van der Waals surface area contributed by atoms with Crippen molar-refractivity contribution in [1.29, 1.82) is 0 Å². The summed E-state index contributed by atoms with van der Waals surface area (Å²) in [5, 5.41) is 7.04. The maximum atomic E-state index is 12.0. The Labute approximate surface area is 123 Å². The molecule has 1 unspecified atom stereocenters. The van der Waals surface area contributed by atoms with Crippen LogP contribution in [0.1, 0.15) is 24.6 Å². The first-order valence-corrected chi connectivity index (χ1v) is 7.18. The summed E-state index contributed by atoms with van der Waals surface area (Å²) >= 11 is 0. The molecule has 1 aliphatic rings. The van der Waals surface area contributed by atoms with E-state index in [1.165, 1.54) is 0 Å². The number of hydrogen-bond acceptors (Lipinski definition) is 3. The maximum absolute atomic E-state index is 12.0. The number of rotatable bonds is 4. The van der Waals surface area contributed by atoms with E-state index in [1.807, 2.05) is 38.2 Å². The summed E-state index contributed by atoms with van der Waals surface area (Å²) in [6.45, 7) is 2.05. The molecule has 0 fully saturated rings. The van der Waals surface area contributed by atoms with Gasteiger partial charge in [0.15, 0.2) is 0 Å². The summed E-state index contributed by atoms with van der Waals surface area (Å²) in [4.78, 5) is 12.0. The summed E-state index contributed by atoms with van der Waals surface area (Å²) in [5.74, 6) is 0.943. The SMILES string of the molecule is CC1Cc2cc(NC(=O)CCc3ccnn3C)ccc2O1. The molecule has 1 aromatic carbocycles. The molecule has 110 valence electrons. The van der Waals surface area contributed by atoms with Crippen molar-refractivity contribution in [3.8, 4) is 5.75 Å². The highest BCUT2D eigenvalue weighted by Crippen LogP contribution is 2.30. The fourth-order valence-corrected chi connectivity index (χ4v) is 2.61. The number of nitrogens with one attached hydrogen (secondary N) is 1. The molecule has 0 spiro atoms. The van der Waals surface area contributed by atoms with E-state index in [-0.39, 0.29) is 12.0 Å². The molecule has 0 saturated heterocycles. The van der Waals surface area contributed by atoms with Crippen LogP contribution >= 0.6 is 0 Å². The van der Waals surface area contributed by atoms with E-state index in [4.69, 9.17) is 4.74 Å². The number of carbonyl (C=O) groups excluding carboxylic acids is 1. The van der Waals surface area contributed by atoms with E-state index in [0.717, 1.165) is 29.1 Å². The fraction of sp³-hybridized carbons (Fsp3) is 0.375. The highest BCUT2D eigenvalue weighted by molar-refractivity contribution is 5.91. The summed E-state index contributed by atoms with van der Waals surface area (Å²) in [5.41, 5.74) is 3.05. The quantitative estimate of drug-likeness (QED) is 0.938. The molecule has 1 aromatic heterocycles. The van der Waals surface area contributed by atoms with Gasteiger partial charge in [0.2, 0.25) is 5.91 Å². The van der Waals surface area contributed by atoms with Crippen molar-refractivity contribution in [2.24, 2.45) is 7.05 Å². The highest BCUT2D eigenvalue weighted by atomic mass is 16.5. The van der Waals surface area contributed by atoms with Gasteiger partial charge in [0.1, 0.15) is 11.9 Å². The Morgan fingerprint density at radius 2 is 2.33 bits per heavy atom. The summed E-state index contributed by atoms with van der Waals surface area (Å²) in [6, 6.07) is 7.75. The minimum atomic E-state index is 0.0168. The van der Waals surface area contributed by atoms with Crippen LogP contribution in [0.5, 0.6) is 5.75 Å².